The van der Waals surface area contributed by atoms with Gasteiger partial charge in [0.15, 0.2) is 0 Å². The van der Waals surface area contributed by atoms with Crippen molar-refractivity contribution in [2.24, 2.45) is 0 Å². The minimum atomic E-state index is 0.274. The molecule has 0 bridgehead atoms. The Morgan fingerprint density at radius 2 is 2.19 bits per heavy atom. The summed E-state index contributed by atoms with van der Waals surface area (Å²) >= 11 is 0. The highest BCUT2D eigenvalue weighted by Crippen LogP contribution is 2.32. The van der Waals surface area contributed by atoms with Crippen LogP contribution in [0.1, 0.15) is 0 Å². The molecule has 16 heavy (non-hydrogen) atoms. The topological polar surface area (TPSA) is 46.8 Å². The van der Waals surface area contributed by atoms with Crippen molar-refractivity contribution in [1.29, 1.82) is 0 Å². The minimum absolute atomic E-state index is 0.274. The first kappa shape index (κ1) is 9.54. The van der Waals surface area contributed by atoms with Crippen LogP contribution in [0.3, 0.4) is 0 Å². The second kappa shape index (κ2) is 3.72. The Balaban J connectivity index is 1.94. The third-order valence-corrected chi connectivity index (χ3v) is 2.69. The Kier molecular flexibility index (Phi) is 2.22. The number of H-pyrrole nitrogens is 1. The van der Waals surface area contributed by atoms with Gasteiger partial charge in [0, 0.05) is 11.6 Å². The Bertz CT molecular complexity index is 502. The van der Waals surface area contributed by atoms with Crippen molar-refractivity contribution in [3.8, 4) is 11.5 Å². The number of benzene rings is 1. The van der Waals surface area contributed by atoms with Crippen LogP contribution in [-0.4, -0.2) is 31.4 Å². The molecule has 0 radical (unpaired) electrons. The maximum absolute atomic E-state index is 5.70. The van der Waals surface area contributed by atoms with Crippen LogP contribution in [0.4, 0.5) is 0 Å². The van der Waals surface area contributed by atoms with Crippen molar-refractivity contribution >= 4 is 10.9 Å². The lowest BCUT2D eigenvalue weighted by Gasteiger charge is -2.08. The molecule has 1 fully saturated rings. The van der Waals surface area contributed by atoms with Gasteiger partial charge in [0.2, 0.25) is 0 Å². The van der Waals surface area contributed by atoms with E-state index in [4.69, 9.17) is 14.2 Å². The van der Waals surface area contributed by atoms with Crippen LogP contribution in [-0.2, 0) is 4.74 Å². The van der Waals surface area contributed by atoms with Crippen LogP contribution >= 0.6 is 0 Å². The largest absolute Gasteiger partial charge is 0.495 e. The highest BCUT2D eigenvalue weighted by Gasteiger charge is 2.23. The number of hydrogen-bond acceptors (Lipinski definition) is 3. The molecule has 0 saturated carbocycles. The molecule has 4 heteroatoms. The molecule has 0 spiro atoms. The third-order valence-electron chi connectivity index (χ3n) is 2.69. The molecule has 2 heterocycles. The van der Waals surface area contributed by atoms with Crippen molar-refractivity contribution in [2.75, 3.05) is 20.3 Å². The van der Waals surface area contributed by atoms with Gasteiger partial charge in [0.1, 0.15) is 24.2 Å². The van der Waals surface area contributed by atoms with Gasteiger partial charge < -0.3 is 19.2 Å². The molecule has 0 aliphatic carbocycles. The van der Waals surface area contributed by atoms with Gasteiger partial charge in [-0.25, -0.2) is 0 Å². The van der Waals surface area contributed by atoms with Crippen molar-refractivity contribution in [2.45, 2.75) is 6.10 Å². The molecule has 1 aromatic carbocycles. The molecule has 1 atom stereocenters. The molecule has 0 amide bonds. The Hall–Kier alpha value is -1.68. The summed E-state index contributed by atoms with van der Waals surface area (Å²) in [7, 11) is 1.66. The number of ether oxygens (including phenoxy) is 3. The molecular weight excluding hydrogens is 206 g/mol. The van der Waals surface area contributed by atoms with Crippen molar-refractivity contribution < 1.29 is 14.2 Å². The SMILES string of the molecule is COc1ccc(OC[C@@H]2CO2)c2cc[nH]c12. The maximum atomic E-state index is 5.70. The molecule has 3 rings (SSSR count). The molecular formula is C12H13NO3. The summed E-state index contributed by atoms with van der Waals surface area (Å²) in [5.74, 6) is 1.70. The zero-order valence-corrected chi connectivity index (χ0v) is 9.03. The summed E-state index contributed by atoms with van der Waals surface area (Å²) in [6.07, 6.45) is 2.16. The quantitative estimate of drug-likeness (QED) is 0.799. The van der Waals surface area contributed by atoms with E-state index in [9.17, 15) is 0 Å². The molecule has 0 unspecified atom stereocenters. The van der Waals surface area contributed by atoms with E-state index in [1.165, 1.54) is 0 Å². The number of hydrogen-bond donors (Lipinski definition) is 1. The number of epoxide rings is 1. The number of rotatable bonds is 4. The second-order valence-corrected chi connectivity index (χ2v) is 3.80. The molecule has 1 saturated heterocycles. The van der Waals surface area contributed by atoms with Crippen LogP contribution in [0.25, 0.3) is 10.9 Å². The van der Waals surface area contributed by atoms with Gasteiger partial charge >= 0.3 is 0 Å². The van der Waals surface area contributed by atoms with Crippen LogP contribution in [0.15, 0.2) is 24.4 Å². The van der Waals surface area contributed by atoms with Gasteiger partial charge in [-0.15, -0.1) is 0 Å². The van der Waals surface area contributed by atoms with E-state index in [-0.39, 0.29) is 6.10 Å². The van der Waals surface area contributed by atoms with Crippen LogP contribution in [0, 0.1) is 0 Å². The lowest BCUT2D eigenvalue weighted by atomic mass is 10.2. The zero-order chi connectivity index (χ0) is 11.0. The first-order valence-electron chi connectivity index (χ1n) is 5.27. The number of methoxy groups -OCH3 is 1. The summed E-state index contributed by atoms with van der Waals surface area (Å²) < 4.78 is 16.1. The van der Waals surface area contributed by atoms with E-state index in [1.54, 1.807) is 7.11 Å². The number of fused-ring (bicyclic) bond motifs is 1. The summed E-state index contributed by atoms with van der Waals surface area (Å²) in [5.41, 5.74) is 0.969. The zero-order valence-electron chi connectivity index (χ0n) is 9.03. The Morgan fingerprint density at radius 1 is 1.38 bits per heavy atom. The van der Waals surface area contributed by atoms with Crippen LogP contribution in [0.5, 0.6) is 11.5 Å². The first-order chi connectivity index (χ1) is 7.88. The Labute approximate surface area is 93.1 Å². The van der Waals surface area contributed by atoms with E-state index >= 15 is 0 Å². The third kappa shape index (κ3) is 1.61. The maximum Gasteiger partial charge on any atom is 0.143 e. The first-order valence-corrected chi connectivity index (χ1v) is 5.27. The van der Waals surface area contributed by atoms with Crippen molar-refractivity contribution in [1.82, 2.24) is 4.98 Å². The van der Waals surface area contributed by atoms with E-state index in [1.807, 2.05) is 24.4 Å². The average Bonchev–Trinajstić information content (AvgIpc) is 3.01. The summed E-state index contributed by atoms with van der Waals surface area (Å²) in [4.78, 5) is 3.15. The summed E-state index contributed by atoms with van der Waals surface area (Å²) in [6, 6.07) is 5.82. The molecule has 4 nitrogen and oxygen atoms in total. The molecule has 1 aromatic heterocycles. The standard InChI is InChI=1S/C12H13NO3/c1-14-11-3-2-10(16-7-8-6-15-8)9-4-5-13-12(9)11/h2-5,8,13H,6-7H2,1H3/t8-/m0/s1. The predicted octanol–water partition coefficient (Wildman–Crippen LogP) is 1.95. The molecule has 1 N–H and O–H groups in total. The van der Waals surface area contributed by atoms with E-state index in [0.29, 0.717) is 6.61 Å². The highest BCUT2D eigenvalue weighted by molar-refractivity contribution is 5.90. The van der Waals surface area contributed by atoms with Gasteiger partial charge in [-0.05, 0) is 18.2 Å². The van der Waals surface area contributed by atoms with Gasteiger partial charge in [0.25, 0.3) is 0 Å². The molecule has 1 aliphatic rings. The van der Waals surface area contributed by atoms with E-state index < -0.39 is 0 Å². The van der Waals surface area contributed by atoms with Gasteiger partial charge in [-0.1, -0.05) is 0 Å². The normalized spacial score (nSPS) is 18.7. The van der Waals surface area contributed by atoms with Crippen molar-refractivity contribution in [3.05, 3.63) is 24.4 Å². The monoisotopic (exact) mass is 219 g/mol. The fourth-order valence-corrected chi connectivity index (χ4v) is 1.75. The van der Waals surface area contributed by atoms with E-state index in [0.717, 1.165) is 29.0 Å². The van der Waals surface area contributed by atoms with E-state index in [2.05, 4.69) is 4.98 Å². The number of aromatic amines is 1. The fourth-order valence-electron chi connectivity index (χ4n) is 1.75. The number of aromatic nitrogens is 1. The van der Waals surface area contributed by atoms with Gasteiger partial charge in [-0.3, -0.25) is 0 Å². The summed E-state index contributed by atoms with van der Waals surface area (Å²) in [6.45, 7) is 1.43. The van der Waals surface area contributed by atoms with Gasteiger partial charge in [0.05, 0.1) is 19.2 Å². The Morgan fingerprint density at radius 3 is 2.94 bits per heavy atom. The lowest BCUT2D eigenvalue weighted by Crippen LogP contribution is -2.04. The average molecular weight is 219 g/mol. The molecule has 1 aliphatic heterocycles. The fraction of sp³-hybridized carbons (Fsp3) is 0.333. The second-order valence-electron chi connectivity index (χ2n) is 3.80. The predicted molar refractivity (Wildman–Crippen MR) is 60.1 cm³/mol. The van der Waals surface area contributed by atoms with Crippen LogP contribution < -0.4 is 9.47 Å². The minimum Gasteiger partial charge on any atom is -0.495 e. The molecule has 84 valence electrons. The van der Waals surface area contributed by atoms with Gasteiger partial charge in [-0.2, -0.15) is 0 Å². The smallest absolute Gasteiger partial charge is 0.143 e. The molecule has 2 aromatic rings. The number of nitrogens with one attached hydrogen (secondary N) is 1. The van der Waals surface area contributed by atoms with Crippen LogP contribution in [0.2, 0.25) is 0 Å². The summed E-state index contributed by atoms with van der Waals surface area (Å²) in [5, 5.41) is 1.04. The highest BCUT2D eigenvalue weighted by atomic mass is 16.6. The van der Waals surface area contributed by atoms with Crippen molar-refractivity contribution in [3.63, 3.8) is 0 Å². The lowest BCUT2D eigenvalue weighted by molar-refractivity contribution is 0.265.